The van der Waals surface area contributed by atoms with Crippen LogP contribution in [0, 0.1) is 0 Å². The van der Waals surface area contributed by atoms with Crippen LogP contribution in [0.1, 0.15) is 54.3 Å². The van der Waals surface area contributed by atoms with Crippen molar-refractivity contribution in [1.29, 1.82) is 0 Å². The van der Waals surface area contributed by atoms with Crippen LogP contribution < -0.4 is 0 Å². The van der Waals surface area contributed by atoms with Crippen LogP contribution in [0.2, 0.25) is 0 Å². The molecule has 0 N–H and O–H groups in total. The molecule has 2 atom stereocenters. The van der Waals surface area contributed by atoms with Crippen LogP contribution >= 0.6 is 0 Å². The second-order valence-electron chi connectivity index (χ2n) is 6.43. The molecular formula is C20H23N. The average Bonchev–Trinajstić information content (AvgIpc) is 2.98. The van der Waals surface area contributed by atoms with Crippen LogP contribution in [0.15, 0.2) is 54.6 Å². The summed E-state index contributed by atoms with van der Waals surface area (Å²) in [4.78, 5) is 2.71. The second-order valence-corrected chi connectivity index (χ2v) is 6.43. The fourth-order valence-electron chi connectivity index (χ4n) is 4.26. The third kappa shape index (κ3) is 2.40. The Labute approximate surface area is 127 Å². The molecule has 2 aliphatic heterocycles. The van der Waals surface area contributed by atoms with Crippen LogP contribution in [0.3, 0.4) is 0 Å². The highest BCUT2D eigenvalue weighted by Crippen LogP contribution is 2.41. The molecule has 2 aliphatic rings. The zero-order chi connectivity index (χ0) is 14.1. The van der Waals surface area contributed by atoms with Gasteiger partial charge >= 0.3 is 0 Å². The zero-order valence-electron chi connectivity index (χ0n) is 12.5. The monoisotopic (exact) mass is 277 g/mol. The van der Waals surface area contributed by atoms with E-state index in [4.69, 9.17) is 0 Å². The summed E-state index contributed by atoms with van der Waals surface area (Å²) in [6, 6.07) is 20.9. The molecule has 2 aromatic carbocycles. The van der Waals surface area contributed by atoms with Gasteiger partial charge in [-0.2, -0.15) is 0 Å². The molecule has 4 rings (SSSR count). The molecule has 0 radical (unpaired) electrons. The van der Waals surface area contributed by atoms with Crippen molar-refractivity contribution in [3.8, 4) is 0 Å². The van der Waals surface area contributed by atoms with Crippen molar-refractivity contribution in [3.05, 3.63) is 71.3 Å². The van der Waals surface area contributed by atoms with Crippen molar-refractivity contribution in [2.45, 2.75) is 37.6 Å². The zero-order valence-corrected chi connectivity index (χ0v) is 12.5. The van der Waals surface area contributed by atoms with Crippen molar-refractivity contribution >= 4 is 0 Å². The van der Waals surface area contributed by atoms with Gasteiger partial charge in [0.05, 0.1) is 0 Å². The van der Waals surface area contributed by atoms with E-state index in [1.807, 2.05) is 0 Å². The van der Waals surface area contributed by atoms with Crippen molar-refractivity contribution in [2.75, 3.05) is 13.1 Å². The van der Waals surface area contributed by atoms with Gasteiger partial charge in [-0.15, -0.1) is 0 Å². The predicted octanol–water partition coefficient (Wildman–Crippen LogP) is 4.75. The van der Waals surface area contributed by atoms with Crippen molar-refractivity contribution in [2.24, 2.45) is 0 Å². The third-order valence-corrected chi connectivity index (χ3v) is 5.23. The third-order valence-electron chi connectivity index (χ3n) is 5.23. The summed E-state index contributed by atoms with van der Waals surface area (Å²) in [7, 11) is 0. The number of nitrogens with zero attached hydrogens (tertiary/aromatic N) is 1. The normalized spacial score (nSPS) is 25.7. The van der Waals surface area contributed by atoms with Gasteiger partial charge in [0.15, 0.2) is 0 Å². The highest BCUT2D eigenvalue weighted by Gasteiger charge is 2.31. The fraction of sp³-hybridized carbons (Fsp3) is 0.400. The number of hydrogen-bond donors (Lipinski definition) is 0. The molecule has 1 saturated heterocycles. The Kier molecular flexibility index (Phi) is 3.52. The molecule has 0 spiro atoms. The molecule has 21 heavy (non-hydrogen) atoms. The maximum atomic E-state index is 2.71. The molecule has 1 heteroatoms. The quantitative estimate of drug-likeness (QED) is 0.727. The molecule has 1 fully saturated rings. The molecule has 0 aliphatic carbocycles. The van der Waals surface area contributed by atoms with Gasteiger partial charge in [0.25, 0.3) is 0 Å². The first-order chi connectivity index (χ1) is 10.4. The second kappa shape index (κ2) is 5.65. The van der Waals surface area contributed by atoms with Crippen LogP contribution in [-0.4, -0.2) is 18.0 Å². The Morgan fingerprint density at radius 3 is 2.19 bits per heavy atom. The SMILES string of the molecule is c1ccc([C@@H]2CCCN3CCC[C@@H]3c3ccccc32)cc1. The van der Waals surface area contributed by atoms with Gasteiger partial charge in [-0.3, -0.25) is 4.90 Å². The molecule has 1 nitrogen and oxygen atoms in total. The maximum Gasteiger partial charge on any atom is 0.0351 e. The first-order valence-corrected chi connectivity index (χ1v) is 8.31. The smallest absolute Gasteiger partial charge is 0.0351 e. The molecule has 108 valence electrons. The van der Waals surface area contributed by atoms with E-state index in [0.29, 0.717) is 12.0 Å². The predicted molar refractivity (Wildman–Crippen MR) is 87.5 cm³/mol. The van der Waals surface area contributed by atoms with Crippen LogP contribution in [0.25, 0.3) is 0 Å². The van der Waals surface area contributed by atoms with Gasteiger partial charge in [0.2, 0.25) is 0 Å². The molecule has 0 saturated carbocycles. The van der Waals surface area contributed by atoms with Gasteiger partial charge in [-0.25, -0.2) is 0 Å². The van der Waals surface area contributed by atoms with E-state index >= 15 is 0 Å². The van der Waals surface area contributed by atoms with Crippen LogP contribution in [0.4, 0.5) is 0 Å². The van der Waals surface area contributed by atoms with Gasteiger partial charge in [-0.1, -0.05) is 54.6 Å². The number of fused-ring (bicyclic) bond motifs is 3. The standard InChI is InChI=1S/C20H23N/c1-2-8-16(9-3-1)17-12-6-14-21-15-7-13-20(21)19-11-5-4-10-18(17)19/h1-5,8-11,17,20H,6-7,12-15H2/t17-,20+/m0/s1. The lowest BCUT2D eigenvalue weighted by Gasteiger charge is -2.32. The maximum absolute atomic E-state index is 2.71. The summed E-state index contributed by atoms with van der Waals surface area (Å²) >= 11 is 0. The van der Waals surface area contributed by atoms with Gasteiger partial charge in [0.1, 0.15) is 0 Å². The minimum absolute atomic E-state index is 0.574. The minimum atomic E-state index is 0.574. The summed E-state index contributed by atoms with van der Waals surface area (Å²) < 4.78 is 0. The molecule has 0 unspecified atom stereocenters. The number of rotatable bonds is 1. The Morgan fingerprint density at radius 1 is 0.714 bits per heavy atom. The lowest BCUT2D eigenvalue weighted by Crippen LogP contribution is -2.28. The fourth-order valence-corrected chi connectivity index (χ4v) is 4.26. The van der Waals surface area contributed by atoms with E-state index in [0.717, 1.165) is 0 Å². The Hall–Kier alpha value is -1.60. The Bertz CT molecular complexity index is 604. The van der Waals surface area contributed by atoms with Gasteiger partial charge < -0.3 is 0 Å². The van der Waals surface area contributed by atoms with Crippen molar-refractivity contribution < 1.29 is 0 Å². The highest BCUT2D eigenvalue weighted by molar-refractivity contribution is 5.40. The summed E-state index contributed by atoms with van der Waals surface area (Å²) in [5.74, 6) is 0.574. The summed E-state index contributed by atoms with van der Waals surface area (Å²) in [5.41, 5.74) is 4.64. The largest absolute Gasteiger partial charge is 0.296 e. The van der Waals surface area contributed by atoms with E-state index in [1.54, 1.807) is 11.1 Å². The molecule has 2 aromatic rings. The van der Waals surface area contributed by atoms with E-state index < -0.39 is 0 Å². The first-order valence-electron chi connectivity index (χ1n) is 8.31. The van der Waals surface area contributed by atoms with Crippen molar-refractivity contribution in [1.82, 2.24) is 4.90 Å². The summed E-state index contributed by atoms with van der Waals surface area (Å²) in [6.07, 6.45) is 5.27. The highest BCUT2D eigenvalue weighted by atomic mass is 15.2. The summed E-state index contributed by atoms with van der Waals surface area (Å²) in [5, 5.41) is 0. The van der Waals surface area contributed by atoms with E-state index in [-0.39, 0.29) is 0 Å². The first kappa shape index (κ1) is 13.1. The van der Waals surface area contributed by atoms with E-state index in [9.17, 15) is 0 Å². The Balaban J connectivity index is 1.81. The van der Waals surface area contributed by atoms with E-state index in [1.165, 1.54) is 44.3 Å². The average molecular weight is 277 g/mol. The van der Waals surface area contributed by atoms with Crippen LogP contribution in [0.5, 0.6) is 0 Å². The molecule has 0 amide bonds. The topological polar surface area (TPSA) is 3.24 Å². The number of hydrogen-bond acceptors (Lipinski definition) is 1. The van der Waals surface area contributed by atoms with Crippen LogP contribution in [-0.2, 0) is 0 Å². The lowest BCUT2D eigenvalue weighted by atomic mass is 9.81. The molecule has 0 aromatic heterocycles. The van der Waals surface area contributed by atoms with E-state index in [2.05, 4.69) is 59.5 Å². The number of benzene rings is 2. The van der Waals surface area contributed by atoms with Gasteiger partial charge in [-0.05, 0) is 55.5 Å². The molecule has 0 bridgehead atoms. The van der Waals surface area contributed by atoms with Crippen molar-refractivity contribution in [3.63, 3.8) is 0 Å². The lowest BCUT2D eigenvalue weighted by molar-refractivity contribution is 0.242. The van der Waals surface area contributed by atoms with Gasteiger partial charge in [0, 0.05) is 12.0 Å². The molecule has 2 heterocycles. The summed E-state index contributed by atoms with van der Waals surface area (Å²) in [6.45, 7) is 2.55. The molecular weight excluding hydrogens is 254 g/mol. The Morgan fingerprint density at radius 2 is 1.38 bits per heavy atom. The minimum Gasteiger partial charge on any atom is -0.296 e.